The van der Waals surface area contributed by atoms with E-state index in [1.165, 1.54) is 18.2 Å². The van der Waals surface area contributed by atoms with Gasteiger partial charge in [-0.2, -0.15) is 5.10 Å². The van der Waals surface area contributed by atoms with Crippen LogP contribution in [0.2, 0.25) is 0 Å². The van der Waals surface area contributed by atoms with Gasteiger partial charge in [0.1, 0.15) is 11.6 Å². The molecule has 29 heavy (non-hydrogen) atoms. The van der Waals surface area contributed by atoms with E-state index in [0.717, 1.165) is 16.8 Å². The number of hydrogen-bond donors (Lipinski definition) is 0. The molecular formula is C23H20F2N2O2. The number of anilines is 1. The molecule has 0 fully saturated rings. The van der Waals surface area contributed by atoms with Gasteiger partial charge < -0.3 is 9.47 Å². The molecule has 0 saturated carbocycles. The highest BCUT2D eigenvalue weighted by Gasteiger charge is 2.32. The summed E-state index contributed by atoms with van der Waals surface area (Å²) in [7, 11) is 3.15. The smallest absolute Gasteiger partial charge is 0.161 e. The minimum absolute atomic E-state index is 0.244. The Bertz CT molecular complexity index is 1050. The molecule has 1 aliphatic rings. The highest BCUT2D eigenvalue weighted by molar-refractivity contribution is 6.03. The van der Waals surface area contributed by atoms with Gasteiger partial charge in [0, 0.05) is 6.42 Å². The van der Waals surface area contributed by atoms with Crippen molar-refractivity contribution in [3.63, 3.8) is 0 Å². The van der Waals surface area contributed by atoms with Crippen molar-refractivity contribution in [1.29, 1.82) is 0 Å². The first kappa shape index (κ1) is 18.9. The van der Waals surface area contributed by atoms with E-state index in [1.54, 1.807) is 49.6 Å². The Labute approximate surface area is 168 Å². The standard InChI is InChI=1S/C23H20F2N2O2/c1-28-22-12-9-16(13-23(22)29-2)21-14-19(15-7-10-17(24)11-8-15)26-27(21)20-6-4-3-5-18(20)25/h3-13,21H,14H2,1-2H3. The summed E-state index contributed by atoms with van der Waals surface area (Å²) in [5, 5.41) is 6.37. The molecule has 1 heterocycles. The summed E-state index contributed by atoms with van der Waals surface area (Å²) in [4.78, 5) is 0. The van der Waals surface area contributed by atoms with Crippen LogP contribution >= 0.6 is 0 Å². The molecule has 1 aliphatic heterocycles. The highest BCUT2D eigenvalue weighted by Crippen LogP contribution is 2.40. The number of halogens is 2. The molecule has 0 N–H and O–H groups in total. The summed E-state index contributed by atoms with van der Waals surface area (Å²) in [6.07, 6.45) is 0.537. The minimum Gasteiger partial charge on any atom is -0.493 e. The predicted molar refractivity (Wildman–Crippen MR) is 109 cm³/mol. The lowest BCUT2D eigenvalue weighted by atomic mass is 9.97. The third kappa shape index (κ3) is 3.66. The molecule has 3 aromatic rings. The second-order valence-electron chi connectivity index (χ2n) is 6.68. The van der Waals surface area contributed by atoms with Crippen molar-refractivity contribution < 1.29 is 18.3 Å². The number of ether oxygens (including phenoxy) is 2. The van der Waals surface area contributed by atoms with Crippen molar-refractivity contribution in [3.05, 3.63) is 89.5 Å². The Kier molecular flexibility index (Phi) is 5.16. The predicted octanol–water partition coefficient (Wildman–Crippen LogP) is 5.34. The maximum absolute atomic E-state index is 14.6. The van der Waals surface area contributed by atoms with Crippen LogP contribution in [0.15, 0.2) is 71.8 Å². The molecule has 1 atom stereocenters. The Morgan fingerprint density at radius 3 is 2.31 bits per heavy atom. The molecule has 3 aromatic carbocycles. The van der Waals surface area contributed by atoms with E-state index in [9.17, 15) is 8.78 Å². The molecule has 0 bridgehead atoms. The number of para-hydroxylation sites is 1. The maximum Gasteiger partial charge on any atom is 0.161 e. The van der Waals surface area contributed by atoms with E-state index >= 15 is 0 Å². The molecule has 4 nitrogen and oxygen atoms in total. The van der Waals surface area contributed by atoms with Gasteiger partial charge in [-0.3, -0.25) is 5.01 Å². The van der Waals surface area contributed by atoms with Crippen LogP contribution in [0.25, 0.3) is 0 Å². The van der Waals surface area contributed by atoms with E-state index in [0.29, 0.717) is 23.6 Å². The third-order valence-corrected chi connectivity index (χ3v) is 4.98. The maximum atomic E-state index is 14.6. The molecule has 0 saturated heterocycles. The van der Waals surface area contributed by atoms with Crippen LogP contribution in [0.1, 0.15) is 23.6 Å². The molecule has 0 radical (unpaired) electrons. The van der Waals surface area contributed by atoms with Crippen molar-refractivity contribution in [3.8, 4) is 11.5 Å². The zero-order chi connectivity index (χ0) is 20.4. The third-order valence-electron chi connectivity index (χ3n) is 4.98. The van der Waals surface area contributed by atoms with Crippen LogP contribution in [-0.4, -0.2) is 19.9 Å². The van der Waals surface area contributed by atoms with Gasteiger partial charge in [0.25, 0.3) is 0 Å². The first-order valence-electron chi connectivity index (χ1n) is 9.20. The normalized spacial score (nSPS) is 15.9. The molecule has 148 valence electrons. The summed E-state index contributed by atoms with van der Waals surface area (Å²) in [5.74, 6) is 0.539. The average Bonchev–Trinajstić information content (AvgIpc) is 3.19. The minimum atomic E-state index is -0.359. The Morgan fingerprint density at radius 1 is 0.897 bits per heavy atom. The largest absolute Gasteiger partial charge is 0.493 e. The number of hydrogen-bond acceptors (Lipinski definition) is 4. The topological polar surface area (TPSA) is 34.1 Å². The zero-order valence-corrected chi connectivity index (χ0v) is 16.1. The van der Waals surface area contributed by atoms with Crippen molar-refractivity contribution in [2.24, 2.45) is 5.10 Å². The first-order chi connectivity index (χ1) is 14.1. The fourth-order valence-corrected chi connectivity index (χ4v) is 3.51. The molecule has 0 aromatic heterocycles. The summed E-state index contributed by atoms with van der Waals surface area (Å²) in [6.45, 7) is 0. The van der Waals surface area contributed by atoms with Crippen LogP contribution in [0.4, 0.5) is 14.5 Å². The SMILES string of the molecule is COc1ccc(C2CC(c3ccc(F)cc3)=NN2c2ccccc2F)cc1OC. The summed E-state index contributed by atoms with van der Waals surface area (Å²) in [6, 6.07) is 18.1. The molecule has 1 unspecified atom stereocenters. The fraction of sp³-hybridized carbons (Fsp3) is 0.174. The van der Waals surface area contributed by atoms with Crippen LogP contribution in [0, 0.1) is 11.6 Å². The van der Waals surface area contributed by atoms with Gasteiger partial charge in [-0.25, -0.2) is 8.78 Å². The van der Waals surface area contributed by atoms with E-state index in [1.807, 2.05) is 18.2 Å². The van der Waals surface area contributed by atoms with Crippen LogP contribution in [0.3, 0.4) is 0 Å². The van der Waals surface area contributed by atoms with Gasteiger partial charge >= 0.3 is 0 Å². The number of nitrogens with zero attached hydrogens (tertiary/aromatic N) is 2. The van der Waals surface area contributed by atoms with E-state index < -0.39 is 0 Å². The zero-order valence-electron chi connectivity index (χ0n) is 16.1. The van der Waals surface area contributed by atoms with E-state index in [4.69, 9.17) is 14.6 Å². The fourth-order valence-electron chi connectivity index (χ4n) is 3.51. The second-order valence-corrected chi connectivity index (χ2v) is 6.68. The number of hydrazone groups is 1. The first-order valence-corrected chi connectivity index (χ1v) is 9.20. The van der Waals surface area contributed by atoms with Crippen LogP contribution < -0.4 is 14.5 Å². The summed E-state index contributed by atoms with van der Waals surface area (Å²) < 4.78 is 38.7. The van der Waals surface area contributed by atoms with E-state index in [-0.39, 0.29) is 17.7 Å². The second kappa shape index (κ2) is 7.91. The van der Waals surface area contributed by atoms with Crippen LogP contribution in [-0.2, 0) is 0 Å². The lowest BCUT2D eigenvalue weighted by molar-refractivity contribution is 0.354. The Morgan fingerprint density at radius 2 is 1.62 bits per heavy atom. The lowest BCUT2D eigenvalue weighted by Crippen LogP contribution is -2.19. The molecule has 4 rings (SSSR count). The van der Waals surface area contributed by atoms with Crippen molar-refractivity contribution in [2.45, 2.75) is 12.5 Å². The van der Waals surface area contributed by atoms with Crippen molar-refractivity contribution in [2.75, 3.05) is 19.2 Å². The average molecular weight is 394 g/mol. The van der Waals surface area contributed by atoms with Crippen molar-refractivity contribution in [1.82, 2.24) is 0 Å². The van der Waals surface area contributed by atoms with Gasteiger partial charge in [-0.15, -0.1) is 0 Å². The lowest BCUT2D eigenvalue weighted by Gasteiger charge is -2.25. The van der Waals surface area contributed by atoms with Gasteiger partial charge in [-0.05, 0) is 47.5 Å². The molecule has 6 heteroatoms. The molecule has 0 aliphatic carbocycles. The Hall–Kier alpha value is -3.41. The molecule has 0 spiro atoms. The Balaban J connectivity index is 1.78. The van der Waals surface area contributed by atoms with Gasteiger partial charge in [0.05, 0.1) is 31.7 Å². The van der Waals surface area contributed by atoms with Gasteiger partial charge in [0.15, 0.2) is 11.5 Å². The van der Waals surface area contributed by atoms with Gasteiger partial charge in [0.2, 0.25) is 0 Å². The molecular weight excluding hydrogens is 374 g/mol. The number of rotatable bonds is 5. The quantitative estimate of drug-likeness (QED) is 0.586. The molecule has 0 amide bonds. The monoisotopic (exact) mass is 394 g/mol. The van der Waals surface area contributed by atoms with Gasteiger partial charge in [-0.1, -0.05) is 30.3 Å². The summed E-state index contributed by atoms with van der Waals surface area (Å²) >= 11 is 0. The number of benzene rings is 3. The van der Waals surface area contributed by atoms with Crippen molar-refractivity contribution >= 4 is 11.4 Å². The number of methoxy groups -OCH3 is 2. The van der Waals surface area contributed by atoms with Crippen LogP contribution in [0.5, 0.6) is 11.5 Å². The summed E-state index contributed by atoms with van der Waals surface area (Å²) in [5.41, 5.74) is 2.85. The van der Waals surface area contributed by atoms with E-state index in [2.05, 4.69) is 0 Å². The highest BCUT2D eigenvalue weighted by atomic mass is 19.1.